The number of pyridine rings is 1. The number of nitrogens with zero attached hydrogens (tertiary/aromatic N) is 1. The Morgan fingerprint density at radius 1 is 1.25 bits per heavy atom. The maximum atomic E-state index is 12.0. The average molecular weight is 296 g/mol. The maximum absolute atomic E-state index is 12.0. The number of aromatic amines is 3. The second-order valence-electron chi connectivity index (χ2n) is 4.01. The van der Waals surface area contributed by atoms with Crippen molar-refractivity contribution in [1.82, 2.24) is 9.97 Å². The van der Waals surface area contributed by atoms with Gasteiger partial charge in [-0.3, -0.25) is 9.78 Å². The number of aryl methyl sites for hydroxylation is 1. The van der Waals surface area contributed by atoms with Crippen LogP contribution >= 0.6 is 0 Å². The van der Waals surface area contributed by atoms with Crippen LogP contribution in [0.5, 0.6) is 0 Å². The molecule has 0 aliphatic carbocycles. The van der Waals surface area contributed by atoms with Crippen LogP contribution in [0.25, 0.3) is 4.72 Å². The minimum atomic E-state index is -4.15. The third-order valence-electron chi connectivity index (χ3n) is 2.51. The Kier molecular flexibility index (Phi) is 3.81. The van der Waals surface area contributed by atoms with Gasteiger partial charge in [0.05, 0.1) is 0 Å². The SMILES string of the molecule is Cc1[nH]c(=O)[nH]c(=O)c1S(=O)(=O)[N-]Cc1cccc[nH+]1. The summed E-state index contributed by atoms with van der Waals surface area (Å²) >= 11 is 0. The third kappa shape index (κ3) is 3.00. The average Bonchev–Trinajstić information content (AvgIpc) is 2.36. The van der Waals surface area contributed by atoms with Crippen molar-refractivity contribution in [2.75, 3.05) is 0 Å². The molecule has 0 unspecified atom stereocenters. The second kappa shape index (κ2) is 5.39. The standard InChI is InChI=1S/C11H11N4O4S/c1-7-9(10(16)15-11(17)14-7)20(18,19)13-6-8-4-2-3-5-12-8/h2-5H,6H2,1H3,(H2,14,15,16,17)/q-1/p+1. The van der Waals surface area contributed by atoms with Crippen LogP contribution in [0, 0.1) is 6.92 Å². The molecule has 3 N–H and O–H groups in total. The lowest BCUT2D eigenvalue weighted by molar-refractivity contribution is -0.389. The molecular weight excluding hydrogens is 284 g/mol. The van der Waals surface area contributed by atoms with Crippen LogP contribution in [-0.4, -0.2) is 18.4 Å². The van der Waals surface area contributed by atoms with Gasteiger partial charge in [-0.2, -0.15) is 0 Å². The summed E-state index contributed by atoms with van der Waals surface area (Å²) in [5.74, 6) is 0. The van der Waals surface area contributed by atoms with E-state index in [4.69, 9.17) is 0 Å². The van der Waals surface area contributed by atoms with Crippen LogP contribution in [-0.2, 0) is 16.6 Å². The molecule has 0 saturated heterocycles. The van der Waals surface area contributed by atoms with Gasteiger partial charge in [0.1, 0.15) is 14.9 Å². The highest BCUT2D eigenvalue weighted by atomic mass is 32.2. The van der Waals surface area contributed by atoms with Crippen molar-refractivity contribution in [2.45, 2.75) is 18.4 Å². The molecular formula is C11H12N4O4S. The summed E-state index contributed by atoms with van der Waals surface area (Å²) in [4.78, 5) is 29.0. The first-order chi connectivity index (χ1) is 9.40. The highest BCUT2D eigenvalue weighted by Gasteiger charge is 2.14. The van der Waals surface area contributed by atoms with Gasteiger partial charge >= 0.3 is 5.69 Å². The van der Waals surface area contributed by atoms with Crippen molar-refractivity contribution in [3.8, 4) is 0 Å². The molecule has 0 aliphatic heterocycles. The molecule has 20 heavy (non-hydrogen) atoms. The van der Waals surface area contributed by atoms with E-state index in [2.05, 4.69) is 14.7 Å². The van der Waals surface area contributed by atoms with E-state index in [1.54, 1.807) is 24.4 Å². The van der Waals surface area contributed by atoms with Gasteiger partial charge in [0, 0.05) is 17.8 Å². The van der Waals surface area contributed by atoms with E-state index in [0.29, 0.717) is 5.69 Å². The van der Waals surface area contributed by atoms with E-state index in [0.717, 1.165) is 0 Å². The first kappa shape index (κ1) is 14.2. The smallest absolute Gasteiger partial charge is 0.325 e. The number of rotatable bonds is 4. The molecule has 0 saturated carbocycles. The number of nitrogens with one attached hydrogen (secondary N) is 3. The fourth-order valence-corrected chi connectivity index (χ4v) is 2.81. The number of hydrogen-bond acceptors (Lipinski definition) is 4. The number of H-pyrrole nitrogens is 3. The molecule has 0 bridgehead atoms. The lowest BCUT2D eigenvalue weighted by Crippen LogP contribution is -2.29. The Balaban J connectivity index is 2.32. The zero-order chi connectivity index (χ0) is 14.8. The summed E-state index contributed by atoms with van der Waals surface area (Å²) in [6.07, 6.45) is 1.63. The van der Waals surface area contributed by atoms with Crippen molar-refractivity contribution < 1.29 is 13.4 Å². The summed E-state index contributed by atoms with van der Waals surface area (Å²) in [5, 5.41) is 0. The van der Waals surface area contributed by atoms with E-state index < -0.39 is 26.2 Å². The predicted molar refractivity (Wildman–Crippen MR) is 69.7 cm³/mol. The van der Waals surface area contributed by atoms with Gasteiger partial charge in [-0.05, 0) is 6.92 Å². The molecule has 0 atom stereocenters. The number of aromatic nitrogens is 3. The summed E-state index contributed by atoms with van der Waals surface area (Å²) in [7, 11) is -4.15. The first-order valence-electron chi connectivity index (χ1n) is 5.63. The van der Waals surface area contributed by atoms with Gasteiger partial charge in [0.25, 0.3) is 5.56 Å². The maximum Gasteiger partial charge on any atom is 0.325 e. The van der Waals surface area contributed by atoms with Gasteiger partial charge < -0.3 is 9.71 Å². The summed E-state index contributed by atoms with van der Waals surface area (Å²) in [5.41, 5.74) is -1.20. The van der Waals surface area contributed by atoms with Gasteiger partial charge in [0.15, 0.2) is 11.9 Å². The third-order valence-corrected chi connectivity index (χ3v) is 3.99. The Hall–Kier alpha value is -2.26. The number of sulfonamides is 1. The number of hydrogen-bond donors (Lipinski definition) is 2. The van der Waals surface area contributed by atoms with E-state index in [1.807, 2.05) is 4.98 Å². The highest BCUT2D eigenvalue weighted by molar-refractivity contribution is 7.94. The zero-order valence-electron chi connectivity index (χ0n) is 10.5. The lowest BCUT2D eigenvalue weighted by Gasteiger charge is -2.18. The Morgan fingerprint density at radius 3 is 2.60 bits per heavy atom. The van der Waals surface area contributed by atoms with Crippen LogP contribution in [0.15, 0.2) is 38.9 Å². The minimum absolute atomic E-state index is 0.0421. The molecule has 2 aromatic rings. The molecule has 2 rings (SSSR count). The molecule has 8 nitrogen and oxygen atoms in total. The zero-order valence-corrected chi connectivity index (χ0v) is 11.3. The predicted octanol–water partition coefficient (Wildman–Crippen LogP) is -0.552. The Bertz CT molecular complexity index is 823. The summed E-state index contributed by atoms with van der Waals surface area (Å²) in [6, 6.07) is 5.14. The van der Waals surface area contributed by atoms with E-state index in [1.165, 1.54) is 6.92 Å². The molecule has 0 radical (unpaired) electrons. The van der Waals surface area contributed by atoms with Gasteiger partial charge in [-0.25, -0.2) is 18.2 Å². The topological polar surface area (TPSA) is 128 Å². The summed E-state index contributed by atoms with van der Waals surface area (Å²) < 4.78 is 27.6. The van der Waals surface area contributed by atoms with Crippen LogP contribution in [0.1, 0.15) is 11.4 Å². The van der Waals surface area contributed by atoms with Crippen molar-refractivity contribution in [3.63, 3.8) is 0 Å². The van der Waals surface area contributed by atoms with Crippen molar-refractivity contribution in [1.29, 1.82) is 0 Å². The van der Waals surface area contributed by atoms with E-state index in [-0.39, 0.29) is 12.2 Å². The van der Waals surface area contributed by atoms with E-state index >= 15 is 0 Å². The molecule has 106 valence electrons. The quantitative estimate of drug-likeness (QED) is 0.784. The molecule has 9 heteroatoms. The Morgan fingerprint density at radius 2 is 2.00 bits per heavy atom. The molecule has 0 aliphatic rings. The van der Waals surface area contributed by atoms with Crippen LogP contribution in [0.3, 0.4) is 0 Å². The fourth-order valence-electron chi connectivity index (χ4n) is 1.65. The fraction of sp³-hybridized carbons (Fsp3) is 0.182. The van der Waals surface area contributed by atoms with Gasteiger partial charge in [0.2, 0.25) is 0 Å². The molecule has 0 amide bonds. The highest BCUT2D eigenvalue weighted by Crippen LogP contribution is 2.16. The van der Waals surface area contributed by atoms with Gasteiger partial charge in [-0.1, -0.05) is 12.6 Å². The summed E-state index contributed by atoms with van der Waals surface area (Å²) in [6.45, 7) is 1.20. The first-order valence-corrected chi connectivity index (χ1v) is 7.07. The minimum Gasteiger partial charge on any atom is -0.536 e. The molecule has 0 fully saturated rings. The molecule has 2 heterocycles. The van der Waals surface area contributed by atoms with Crippen molar-refractivity contribution in [2.24, 2.45) is 0 Å². The van der Waals surface area contributed by atoms with Crippen LogP contribution < -0.4 is 16.2 Å². The molecule has 2 aromatic heterocycles. The normalized spacial score (nSPS) is 11.4. The van der Waals surface area contributed by atoms with Crippen LogP contribution in [0.2, 0.25) is 0 Å². The molecule has 0 aromatic carbocycles. The largest absolute Gasteiger partial charge is 0.536 e. The lowest BCUT2D eigenvalue weighted by atomic mass is 10.4. The van der Waals surface area contributed by atoms with Crippen molar-refractivity contribution in [3.05, 3.63) is 61.3 Å². The van der Waals surface area contributed by atoms with E-state index in [9.17, 15) is 18.0 Å². The monoisotopic (exact) mass is 296 g/mol. The van der Waals surface area contributed by atoms with Gasteiger partial charge in [-0.15, -0.1) is 0 Å². The second-order valence-corrected chi connectivity index (χ2v) is 5.63. The van der Waals surface area contributed by atoms with Crippen LogP contribution in [0.4, 0.5) is 0 Å². The van der Waals surface area contributed by atoms with Crippen molar-refractivity contribution >= 4 is 10.0 Å². The molecule has 0 spiro atoms. The Labute approximate surface area is 114 Å².